The van der Waals surface area contributed by atoms with Crippen LogP contribution in [0.3, 0.4) is 0 Å². The second-order valence-electron chi connectivity index (χ2n) is 9.27. The van der Waals surface area contributed by atoms with E-state index in [4.69, 9.17) is 32.7 Å². The highest BCUT2D eigenvalue weighted by Gasteiger charge is 2.36. The molecule has 12 heteroatoms. The van der Waals surface area contributed by atoms with Crippen molar-refractivity contribution in [1.82, 2.24) is 4.72 Å². The van der Waals surface area contributed by atoms with Crippen LogP contribution in [0, 0.1) is 0 Å². The predicted octanol–water partition coefficient (Wildman–Crippen LogP) is 7.33. The largest absolute Gasteiger partial charge is 0.457 e. The molecule has 2 amide bonds. The first-order valence-electron chi connectivity index (χ1n) is 12.9. The Labute approximate surface area is 250 Å². The smallest absolute Gasteiger partial charge is 0.388 e. The monoisotopic (exact) mass is 619 g/mol. The summed E-state index contributed by atoms with van der Waals surface area (Å²) < 4.78 is 13.3. The Morgan fingerprint density at radius 1 is 1.05 bits per heavy atom. The zero-order valence-electron chi connectivity index (χ0n) is 21.7. The van der Waals surface area contributed by atoms with Gasteiger partial charge in [0.15, 0.2) is 5.75 Å². The van der Waals surface area contributed by atoms with Gasteiger partial charge in [0.2, 0.25) is 5.91 Å². The van der Waals surface area contributed by atoms with E-state index in [0.717, 1.165) is 17.9 Å². The van der Waals surface area contributed by atoms with E-state index in [-0.39, 0.29) is 24.8 Å². The van der Waals surface area contributed by atoms with E-state index in [9.17, 15) is 14.4 Å². The number of carbonyl (C=O) groups excluding carboxylic acids is 3. The number of ether oxygens (including phenoxy) is 2. The van der Waals surface area contributed by atoms with Crippen molar-refractivity contribution in [3.8, 4) is 11.5 Å². The topological polar surface area (TPSA) is 88.2 Å². The number of hydrogen-bond donors (Lipinski definition) is 1. The van der Waals surface area contributed by atoms with E-state index < -0.39 is 5.30 Å². The van der Waals surface area contributed by atoms with E-state index in [1.54, 1.807) is 25.1 Å². The number of carbonyl (C=O) groups is 3. The third kappa shape index (κ3) is 6.52. The van der Waals surface area contributed by atoms with Crippen LogP contribution in [-0.4, -0.2) is 42.9 Å². The molecule has 1 N–H and O–H groups in total. The first kappa shape index (κ1) is 28.6. The minimum absolute atomic E-state index is 0.0985. The first-order valence-corrected chi connectivity index (χ1v) is 15.3. The lowest BCUT2D eigenvalue weighted by molar-refractivity contribution is -0.119. The maximum atomic E-state index is 13.7. The number of nitrogens with one attached hydrogen (secondary N) is 1. The van der Waals surface area contributed by atoms with Gasteiger partial charge in [-0.15, -0.1) is 11.3 Å². The molecule has 2 aliphatic rings. The van der Waals surface area contributed by atoms with Crippen molar-refractivity contribution >= 4 is 75.0 Å². The molecule has 0 radical (unpaired) electrons. The van der Waals surface area contributed by atoms with Crippen molar-refractivity contribution < 1.29 is 23.9 Å². The third-order valence-corrected chi connectivity index (χ3v) is 8.70. The van der Waals surface area contributed by atoms with Gasteiger partial charge in [-0.05, 0) is 61.4 Å². The third-order valence-electron chi connectivity index (χ3n) is 6.56. The predicted molar refractivity (Wildman–Crippen MR) is 160 cm³/mol. The van der Waals surface area contributed by atoms with E-state index >= 15 is 0 Å². The second-order valence-corrected chi connectivity index (χ2v) is 11.7. The van der Waals surface area contributed by atoms with Crippen molar-refractivity contribution in [3.63, 3.8) is 0 Å². The first-order chi connectivity index (χ1) is 19.4. The van der Waals surface area contributed by atoms with Gasteiger partial charge in [0.05, 0.1) is 35.0 Å². The summed E-state index contributed by atoms with van der Waals surface area (Å²) in [6, 6.07) is 13.6. The van der Waals surface area contributed by atoms with Gasteiger partial charge in [0, 0.05) is 36.6 Å². The fourth-order valence-corrected chi connectivity index (χ4v) is 6.23. The Balaban J connectivity index is 1.26. The molecular formula is C28H27Cl2N3O5S2. The summed E-state index contributed by atoms with van der Waals surface area (Å²) in [5.41, 5.74) is 2.64. The zero-order valence-corrected chi connectivity index (χ0v) is 24.8. The van der Waals surface area contributed by atoms with Crippen LogP contribution >= 0.6 is 46.5 Å². The van der Waals surface area contributed by atoms with Crippen LogP contribution in [0.25, 0.3) is 0 Å². The number of para-hydroxylation sites is 2. The summed E-state index contributed by atoms with van der Waals surface area (Å²) in [6.07, 6.45) is 2.79. The van der Waals surface area contributed by atoms with Gasteiger partial charge in [-0.25, -0.2) is 4.79 Å². The van der Waals surface area contributed by atoms with Crippen molar-refractivity contribution in [2.75, 3.05) is 29.5 Å². The fraction of sp³-hybridized carbons (Fsp3) is 0.321. The van der Waals surface area contributed by atoms with Crippen LogP contribution in [-0.2, 0) is 16.0 Å². The van der Waals surface area contributed by atoms with Crippen molar-refractivity contribution in [2.45, 2.75) is 38.6 Å². The number of anilines is 2. The molecule has 0 spiro atoms. The summed E-state index contributed by atoms with van der Waals surface area (Å²) in [7, 11) is 0. The summed E-state index contributed by atoms with van der Waals surface area (Å²) in [4.78, 5) is 41.9. The molecule has 0 bridgehead atoms. The van der Waals surface area contributed by atoms with Crippen molar-refractivity contribution in [1.29, 1.82) is 0 Å². The highest BCUT2D eigenvalue weighted by atomic mass is 35.5. The molecule has 1 aromatic heterocycles. The van der Waals surface area contributed by atoms with Gasteiger partial charge in [-0.1, -0.05) is 35.3 Å². The average molecular weight is 621 g/mol. The zero-order chi connectivity index (χ0) is 28.2. The molecule has 2 aromatic carbocycles. The number of benzene rings is 2. The molecule has 210 valence electrons. The van der Waals surface area contributed by atoms with Crippen LogP contribution in [0.1, 0.15) is 41.4 Å². The molecule has 1 aliphatic heterocycles. The number of thiophene rings is 1. The van der Waals surface area contributed by atoms with Crippen LogP contribution in [0.15, 0.2) is 47.8 Å². The Morgan fingerprint density at radius 2 is 1.82 bits per heavy atom. The second kappa shape index (κ2) is 12.7. The fourth-order valence-electron chi connectivity index (χ4n) is 4.52. The summed E-state index contributed by atoms with van der Waals surface area (Å²) in [5.74, 6) is 0.243. The quantitative estimate of drug-likeness (QED) is 0.208. The molecular weight excluding hydrogens is 593 g/mol. The van der Waals surface area contributed by atoms with Gasteiger partial charge in [-0.3, -0.25) is 14.3 Å². The van der Waals surface area contributed by atoms with Gasteiger partial charge >= 0.3 is 5.30 Å². The summed E-state index contributed by atoms with van der Waals surface area (Å²) >= 11 is 14.9. The Morgan fingerprint density at radius 3 is 2.58 bits per heavy atom. The summed E-state index contributed by atoms with van der Waals surface area (Å²) in [6.45, 7) is 3.30. The normalized spacial score (nSPS) is 14.5. The molecule has 5 rings (SSSR count). The maximum Gasteiger partial charge on any atom is 0.388 e. The van der Waals surface area contributed by atoms with Gasteiger partial charge in [0.25, 0.3) is 5.91 Å². The minimum Gasteiger partial charge on any atom is -0.457 e. The molecule has 1 aliphatic carbocycles. The molecule has 0 atom stereocenters. The van der Waals surface area contributed by atoms with Gasteiger partial charge < -0.3 is 19.3 Å². The number of fused-ring (bicyclic) bond motifs is 1. The Kier molecular flexibility index (Phi) is 9.10. The highest BCUT2D eigenvalue weighted by molar-refractivity contribution is 8.12. The highest BCUT2D eigenvalue weighted by Crippen LogP contribution is 2.42. The van der Waals surface area contributed by atoms with Crippen LogP contribution in [0.4, 0.5) is 16.2 Å². The molecule has 3 aromatic rings. The number of rotatable bonds is 8. The maximum absolute atomic E-state index is 13.7. The minimum atomic E-state index is -0.575. The van der Waals surface area contributed by atoms with E-state index in [1.807, 2.05) is 28.5 Å². The molecule has 8 nitrogen and oxygen atoms in total. The van der Waals surface area contributed by atoms with Crippen LogP contribution < -0.4 is 19.3 Å². The Bertz CT molecular complexity index is 1430. The average Bonchev–Trinajstić information content (AvgIpc) is 3.69. The standard InChI is InChI=1S/C28H27Cl2N3O5S2/c1-2-37-28(36)40-31-25(34)10-7-17-15-20(30)24(16-19(17)29)38-23-11-14-39-26(23)27(35)33-13-12-32(18-8-9-18)21-5-3-4-6-22(21)33/h3-6,11,14-16,18H,2,7-10,12-13H2,1H3,(H,31,34). The molecule has 0 saturated heterocycles. The lowest BCUT2D eigenvalue weighted by Gasteiger charge is -2.37. The molecule has 1 fully saturated rings. The number of aryl methyl sites for hydroxylation is 1. The number of nitrogens with zero attached hydrogens (tertiary/aromatic N) is 2. The number of hydrogen-bond acceptors (Lipinski definition) is 8. The SMILES string of the molecule is CCOC(=O)SNC(=O)CCc1cc(Cl)c(Oc2ccsc2C(=O)N2CCN(C3CC3)c3ccccc32)cc1Cl. The van der Waals surface area contributed by atoms with E-state index in [1.165, 1.54) is 24.2 Å². The van der Waals surface area contributed by atoms with Gasteiger partial charge in [0.1, 0.15) is 10.6 Å². The lowest BCUT2D eigenvalue weighted by atomic mass is 10.1. The summed E-state index contributed by atoms with van der Waals surface area (Å²) in [5, 5.41) is 1.91. The van der Waals surface area contributed by atoms with Gasteiger partial charge in [-0.2, -0.15) is 0 Å². The van der Waals surface area contributed by atoms with Crippen molar-refractivity contribution in [3.05, 3.63) is 68.3 Å². The van der Waals surface area contributed by atoms with Crippen LogP contribution in [0.2, 0.25) is 10.0 Å². The van der Waals surface area contributed by atoms with E-state index in [2.05, 4.69) is 15.7 Å². The molecule has 0 unspecified atom stereocenters. The van der Waals surface area contributed by atoms with Crippen molar-refractivity contribution in [2.24, 2.45) is 0 Å². The lowest BCUT2D eigenvalue weighted by Crippen LogP contribution is -2.44. The number of halogens is 2. The number of amides is 2. The Hall–Kier alpha value is -2.92. The molecule has 1 saturated carbocycles. The molecule has 2 heterocycles. The van der Waals surface area contributed by atoms with Crippen LogP contribution in [0.5, 0.6) is 11.5 Å². The van der Waals surface area contributed by atoms with E-state index in [0.29, 0.717) is 62.9 Å². The molecule has 40 heavy (non-hydrogen) atoms.